The molecule has 1 atom stereocenters. The summed E-state index contributed by atoms with van der Waals surface area (Å²) in [5, 5.41) is 9.27. The van der Waals surface area contributed by atoms with Gasteiger partial charge in [0.25, 0.3) is 0 Å². The first kappa shape index (κ1) is 30.8. The third-order valence-corrected chi connectivity index (χ3v) is 6.29. The fourth-order valence-electron chi connectivity index (χ4n) is 4.65. The van der Waals surface area contributed by atoms with Crippen LogP contribution >= 0.6 is 0 Å². The third kappa shape index (κ3) is 7.45. The molecular weight excluding hydrogens is 546 g/mol. The van der Waals surface area contributed by atoms with Crippen LogP contribution in [0.25, 0.3) is 0 Å². The highest BCUT2D eigenvalue weighted by Gasteiger charge is 2.38. The summed E-state index contributed by atoms with van der Waals surface area (Å²) >= 11 is 0. The Hall–Kier alpha value is -3.77. The molecule has 0 aromatic heterocycles. The van der Waals surface area contributed by atoms with Crippen molar-refractivity contribution < 1.29 is 50.6 Å². The number of fused-ring (bicyclic) bond motifs is 1. The van der Waals surface area contributed by atoms with Crippen molar-refractivity contribution in [3.05, 3.63) is 64.2 Å². The Morgan fingerprint density at radius 3 is 2.10 bits per heavy atom. The second kappa shape index (κ2) is 11.8. The zero-order valence-electron chi connectivity index (χ0n) is 21.9. The van der Waals surface area contributed by atoms with Crippen LogP contribution < -0.4 is 4.90 Å². The molecule has 1 N–H and O–H groups in total. The summed E-state index contributed by atoms with van der Waals surface area (Å²) in [5.74, 6) is -1.78. The van der Waals surface area contributed by atoms with E-state index in [-0.39, 0.29) is 31.0 Å². The molecule has 218 valence electrons. The zero-order valence-corrected chi connectivity index (χ0v) is 21.9. The van der Waals surface area contributed by atoms with E-state index in [1.54, 1.807) is 13.8 Å². The van der Waals surface area contributed by atoms with E-state index in [0.29, 0.717) is 35.4 Å². The molecule has 0 saturated heterocycles. The fourth-order valence-corrected chi connectivity index (χ4v) is 4.65. The lowest BCUT2D eigenvalue weighted by atomic mass is 9.95. The standard InChI is InChI=1S/C27H28F6N2O5/c1-15(2)40-25(39)34-8-4-5-22(21-11-17(12-24(37)38)6-7-23(21)34)35(16(3)36)14-18-9-19(26(28,29)30)13-20(10-18)27(31,32)33/h6-7,9-11,13,15,22H,4-5,8,12,14H2,1-3H3,(H,37,38). The minimum atomic E-state index is -5.06. The predicted octanol–water partition coefficient (Wildman–Crippen LogP) is 6.59. The van der Waals surface area contributed by atoms with Crippen molar-refractivity contribution >= 4 is 23.7 Å². The topological polar surface area (TPSA) is 87.2 Å². The number of alkyl halides is 6. The van der Waals surface area contributed by atoms with Gasteiger partial charge in [-0.3, -0.25) is 14.5 Å². The summed E-state index contributed by atoms with van der Waals surface area (Å²) in [6, 6.07) is 4.73. The molecule has 0 bridgehead atoms. The van der Waals surface area contributed by atoms with Gasteiger partial charge >= 0.3 is 24.4 Å². The quantitative estimate of drug-likeness (QED) is 0.394. The van der Waals surface area contributed by atoms with Crippen molar-refractivity contribution in [2.75, 3.05) is 11.4 Å². The van der Waals surface area contributed by atoms with E-state index in [1.165, 1.54) is 23.1 Å². The van der Waals surface area contributed by atoms with E-state index in [0.717, 1.165) is 11.8 Å². The third-order valence-electron chi connectivity index (χ3n) is 6.29. The molecule has 1 aliphatic heterocycles. The Bertz CT molecular complexity index is 1240. The summed E-state index contributed by atoms with van der Waals surface area (Å²) < 4.78 is 86.0. The molecule has 1 unspecified atom stereocenters. The maximum atomic E-state index is 13.5. The number of anilines is 1. The van der Waals surface area contributed by atoms with Crippen LogP contribution in [0, 0.1) is 0 Å². The smallest absolute Gasteiger partial charge is 0.416 e. The molecule has 0 radical (unpaired) electrons. The summed E-state index contributed by atoms with van der Waals surface area (Å²) in [6.45, 7) is 4.00. The maximum Gasteiger partial charge on any atom is 0.416 e. The summed E-state index contributed by atoms with van der Waals surface area (Å²) in [4.78, 5) is 39.5. The van der Waals surface area contributed by atoms with Crippen molar-refractivity contribution in [1.82, 2.24) is 4.90 Å². The van der Waals surface area contributed by atoms with Crippen molar-refractivity contribution in [1.29, 1.82) is 0 Å². The number of carboxylic acids is 1. The number of nitrogens with zero attached hydrogens (tertiary/aromatic N) is 2. The lowest BCUT2D eigenvalue weighted by Crippen LogP contribution is -2.35. The normalized spacial score (nSPS) is 15.8. The number of hydrogen-bond acceptors (Lipinski definition) is 4. The maximum absolute atomic E-state index is 13.5. The molecule has 40 heavy (non-hydrogen) atoms. The number of benzene rings is 2. The first-order valence-electron chi connectivity index (χ1n) is 12.4. The number of carboxylic acid groups (broad SMARTS) is 1. The van der Waals surface area contributed by atoms with Gasteiger partial charge in [0.15, 0.2) is 0 Å². The number of rotatable bonds is 6. The van der Waals surface area contributed by atoms with Gasteiger partial charge in [0.2, 0.25) is 5.91 Å². The molecule has 1 heterocycles. The number of aliphatic carboxylic acids is 1. The molecule has 13 heteroatoms. The zero-order chi connectivity index (χ0) is 30.0. The molecule has 7 nitrogen and oxygen atoms in total. The van der Waals surface area contributed by atoms with Crippen molar-refractivity contribution in [2.24, 2.45) is 0 Å². The number of ether oxygens (including phenoxy) is 1. The summed E-state index contributed by atoms with van der Waals surface area (Å²) in [6.07, 6.45) is -11.2. The van der Waals surface area contributed by atoms with Gasteiger partial charge < -0.3 is 14.7 Å². The Kier molecular flexibility index (Phi) is 9.05. The molecule has 0 aliphatic carbocycles. The van der Waals surface area contributed by atoms with Gasteiger partial charge in [0.05, 0.1) is 35.4 Å². The Balaban J connectivity index is 2.13. The highest BCUT2D eigenvalue weighted by molar-refractivity contribution is 5.89. The van der Waals surface area contributed by atoms with E-state index in [1.807, 2.05) is 0 Å². The largest absolute Gasteiger partial charge is 0.481 e. The average Bonchev–Trinajstić information content (AvgIpc) is 2.99. The van der Waals surface area contributed by atoms with Crippen molar-refractivity contribution in [3.63, 3.8) is 0 Å². The minimum absolute atomic E-state index is 0.0128. The van der Waals surface area contributed by atoms with Crippen LogP contribution in [0.4, 0.5) is 36.8 Å². The van der Waals surface area contributed by atoms with Crippen molar-refractivity contribution in [2.45, 2.75) is 71.1 Å². The molecular formula is C27H28F6N2O5. The highest BCUT2D eigenvalue weighted by Crippen LogP contribution is 2.40. The fraction of sp³-hybridized carbons (Fsp3) is 0.444. The molecule has 3 rings (SSSR count). The second-order valence-electron chi connectivity index (χ2n) is 9.77. The van der Waals surface area contributed by atoms with Gasteiger partial charge in [-0.1, -0.05) is 12.1 Å². The van der Waals surface area contributed by atoms with E-state index in [9.17, 15) is 45.8 Å². The van der Waals surface area contributed by atoms with Crippen LogP contribution in [0.2, 0.25) is 0 Å². The number of hydrogen-bond donors (Lipinski definition) is 1. The van der Waals surface area contributed by atoms with E-state index < -0.39 is 60.1 Å². The Morgan fingerprint density at radius 1 is 1.00 bits per heavy atom. The predicted molar refractivity (Wildman–Crippen MR) is 131 cm³/mol. The van der Waals surface area contributed by atoms with Crippen molar-refractivity contribution in [3.8, 4) is 0 Å². The Morgan fingerprint density at radius 2 is 1.60 bits per heavy atom. The second-order valence-corrected chi connectivity index (χ2v) is 9.77. The lowest BCUT2D eigenvalue weighted by Gasteiger charge is -2.33. The van der Waals surface area contributed by atoms with Gasteiger partial charge in [-0.15, -0.1) is 0 Å². The van der Waals surface area contributed by atoms with Crippen LogP contribution in [0.3, 0.4) is 0 Å². The summed E-state index contributed by atoms with van der Waals surface area (Å²) in [7, 11) is 0. The van der Waals surface area contributed by atoms with Crippen LogP contribution in [0.15, 0.2) is 36.4 Å². The number of carbonyl (C=O) groups excluding carboxylic acids is 2. The van der Waals surface area contributed by atoms with Crippen LogP contribution in [-0.4, -0.2) is 40.6 Å². The van der Waals surface area contributed by atoms with E-state index in [2.05, 4.69) is 0 Å². The minimum Gasteiger partial charge on any atom is -0.481 e. The number of amides is 2. The van der Waals surface area contributed by atoms with E-state index >= 15 is 0 Å². The SMILES string of the molecule is CC(=O)N(Cc1cc(C(F)(F)F)cc(C(F)(F)F)c1)C1CCCN(C(=O)OC(C)C)c2ccc(CC(=O)O)cc21. The number of halogens is 6. The Labute approximate surface area is 226 Å². The van der Waals surface area contributed by atoms with Gasteiger partial charge in [0.1, 0.15) is 0 Å². The number of carbonyl (C=O) groups is 3. The van der Waals surface area contributed by atoms with Gasteiger partial charge in [-0.2, -0.15) is 26.3 Å². The van der Waals surface area contributed by atoms with Gasteiger partial charge in [-0.25, -0.2) is 4.79 Å². The van der Waals surface area contributed by atoms with Crippen LogP contribution in [0.5, 0.6) is 0 Å². The van der Waals surface area contributed by atoms with Gasteiger partial charge in [-0.05, 0) is 67.6 Å². The van der Waals surface area contributed by atoms with E-state index in [4.69, 9.17) is 4.74 Å². The highest BCUT2D eigenvalue weighted by atomic mass is 19.4. The molecule has 0 fully saturated rings. The molecule has 1 aliphatic rings. The van der Waals surface area contributed by atoms with Crippen LogP contribution in [-0.2, 0) is 39.6 Å². The average molecular weight is 575 g/mol. The first-order chi connectivity index (χ1) is 18.5. The molecule has 2 aromatic rings. The monoisotopic (exact) mass is 574 g/mol. The summed E-state index contributed by atoms with van der Waals surface area (Å²) in [5.41, 5.74) is -2.44. The molecule has 2 amide bonds. The molecule has 0 spiro atoms. The van der Waals surface area contributed by atoms with Gasteiger partial charge in [0, 0.05) is 20.0 Å². The molecule has 2 aromatic carbocycles. The van der Waals surface area contributed by atoms with Crippen LogP contribution in [0.1, 0.15) is 67.5 Å². The first-order valence-corrected chi connectivity index (χ1v) is 12.4. The molecule has 0 saturated carbocycles. The lowest BCUT2D eigenvalue weighted by molar-refractivity contribution is -0.143.